The second-order valence-electron chi connectivity index (χ2n) is 5.47. The molecule has 0 aliphatic heterocycles. The van der Waals surface area contributed by atoms with Gasteiger partial charge in [-0.2, -0.15) is 0 Å². The van der Waals surface area contributed by atoms with Crippen LogP contribution in [0, 0.1) is 13.8 Å². The summed E-state index contributed by atoms with van der Waals surface area (Å²) in [7, 11) is 1.51. The van der Waals surface area contributed by atoms with E-state index in [1.807, 2.05) is 32.2 Å². The highest BCUT2D eigenvalue weighted by atomic mass is 32.2. The number of carbonyl (C=O) groups excluding carboxylic acids is 1. The highest BCUT2D eigenvalue weighted by Gasteiger charge is 2.18. The molecule has 136 valence electrons. The molecular formula is C18H18N2O5S. The summed E-state index contributed by atoms with van der Waals surface area (Å²) in [5.41, 5.74) is 1.06. The molecule has 0 bridgehead atoms. The van der Waals surface area contributed by atoms with Crippen LogP contribution < -0.4 is 4.74 Å². The molecule has 26 heavy (non-hydrogen) atoms. The van der Waals surface area contributed by atoms with Crippen LogP contribution in [0.25, 0.3) is 11.5 Å². The summed E-state index contributed by atoms with van der Waals surface area (Å²) in [4.78, 5) is 13.3. The number of carbonyl (C=O) groups is 1. The highest BCUT2D eigenvalue weighted by Crippen LogP contribution is 2.27. The number of thioether (sulfide) groups is 1. The maximum Gasteiger partial charge on any atom is 0.342 e. The molecule has 0 fully saturated rings. The lowest BCUT2D eigenvalue weighted by Gasteiger charge is -2.09. The van der Waals surface area contributed by atoms with Gasteiger partial charge in [0.1, 0.15) is 22.8 Å². The minimum absolute atomic E-state index is 0.130. The molecule has 2 aromatic heterocycles. The lowest BCUT2D eigenvalue weighted by Crippen LogP contribution is -2.07. The van der Waals surface area contributed by atoms with Gasteiger partial charge in [0, 0.05) is 4.90 Å². The second kappa shape index (κ2) is 7.65. The van der Waals surface area contributed by atoms with Crippen LogP contribution in [0.15, 0.2) is 38.0 Å². The monoisotopic (exact) mass is 374 g/mol. The van der Waals surface area contributed by atoms with Gasteiger partial charge in [0.2, 0.25) is 0 Å². The molecule has 2 heterocycles. The van der Waals surface area contributed by atoms with Crippen LogP contribution >= 0.6 is 11.8 Å². The van der Waals surface area contributed by atoms with Crippen LogP contribution in [-0.2, 0) is 11.3 Å². The summed E-state index contributed by atoms with van der Waals surface area (Å²) in [5.74, 6) is 1.90. The molecule has 0 spiro atoms. The lowest BCUT2D eigenvalue weighted by atomic mass is 10.2. The highest BCUT2D eigenvalue weighted by molar-refractivity contribution is 7.98. The van der Waals surface area contributed by atoms with E-state index < -0.39 is 5.97 Å². The zero-order valence-electron chi connectivity index (χ0n) is 14.9. The summed E-state index contributed by atoms with van der Waals surface area (Å²) in [6, 6.07) is 7.11. The molecule has 3 aromatic rings. The van der Waals surface area contributed by atoms with Crippen LogP contribution in [0.2, 0.25) is 0 Å². The topological polar surface area (TPSA) is 87.6 Å². The quantitative estimate of drug-likeness (QED) is 0.472. The van der Waals surface area contributed by atoms with Crippen molar-refractivity contribution < 1.29 is 23.1 Å². The van der Waals surface area contributed by atoms with Gasteiger partial charge in [0.25, 0.3) is 11.8 Å². The van der Waals surface area contributed by atoms with Crippen molar-refractivity contribution in [3.05, 3.63) is 47.2 Å². The van der Waals surface area contributed by atoms with Crippen LogP contribution in [0.4, 0.5) is 0 Å². The minimum Gasteiger partial charge on any atom is -0.496 e. The third-order valence-electron chi connectivity index (χ3n) is 3.69. The van der Waals surface area contributed by atoms with E-state index in [2.05, 4.69) is 10.2 Å². The fourth-order valence-corrected chi connectivity index (χ4v) is 2.87. The van der Waals surface area contributed by atoms with E-state index in [1.165, 1.54) is 7.11 Å². The molecule has 0 saturated heterocycles. The Bertz CT molecular complexity index is 932. The largest absolute Gasteiger partial charge is 0.496 e. The molecule has 3 rings (SSSR count). The fraction of sp³-hybridized carbons (Fsp3) is 0.278. The number of hydrogen-bond acceptors (Lipinski definition) is 8. The van der Waals surface area contributed by atoms with Gasteiger partial charge in [-0.15, -0.1) is 22.0 Å². The van der Waals surface area contributed by atoms with Gasteiger partial charge in [0.15, 0.2) is 6.61 Å². The Kier molecular flexibility index (Phi) is 5.32. The third-order valence-corrected chi connectivity index (χ3v) is 4.42. The molecule has 0 aliphatic carbocycles. The van der Waals surface area contributed by atoms with Gasteiger partial charge in [-0.25, -0.2) is 4.79 Å². The lowest BCUT2D eigenvalue weighted by molar-refractivity contribution is 0.0435. The summed E-state index contributed by atoms with van der Waals surface area (Å²) < 4.78 is 21.5. The van der Waals surface area contributed by atoms with E-state index >= 15 is 0 Å². The van der Waals surface area contributed by atoms with Gasteiger partial charge in [-0.05, 0) is 44.4 Å². The van der Waals surface area contributed by atoms with Crippen molar-refractivity contribution in [2.75, 3.05) is 13.4 Å². The van der Waals surface area contributed by atoms with Crippen LogP contribution in [0.1, 0.15) is 27.8 Å². The molecule has 0 unspecified atom stereocenters. The maximum absolute atomic E-state index is 12.3. The predicted molar refractivity (Wildman–Crippen MR) is 95.4 cm³/mol. The second-order valence-corrected chi connectivity index (χ2v) is 6.35. The molecule has 0 atom stereocenters. The van der Waals surface area contributed by atoms with Crippen LogP contribution in [-0.4, -0.2) is 29.5 Å². The van der Waals surface area contributed by atoms with Crippen molar-refractivity contribution in [1.82, 2.24) is 10.2 Å². The van der Waals surface area contributed by atoms with Gasteiger partial charge in [-0.3, -0.25) is 0 Å². The molecule has 0 radical (unpaired) electrons. The molecule has 8 heteroatoms. The van der Waals surface area contributed by atoms with E-state index in [4.69, 9.17) is 18.3 Å². The van der Waals surface area contributed by atoms with Gasteiger partial charge < -0.3 is 18.3 Å². The Morgan fingerprint density at radius 1 is 1.19 bits per heavy atom. The number of aromatic nitrogens is 2. The summed E-state index contributed by atoms with van der Waals surface area (Å²) in [6.45, 7) is 3.52. The SMILES string of the molecule is COc1cc(SC)ccc1C(=O)OCc1nnc(-c2cc(C)oc2C)o1. The smallest absolute Gasteiger partial charge is 0.342 e. The normalized spacial score (nSPS) is 10.8. The zero-order chi connectivity index (χ0) is 18.7. The Hall–Kier alpha value is -2.74. The van der Waals surface area contributed by atoms with Crippen LogP contribution in [0.3, 0.4) is 0 Å². The van der Waals surface area contributed by atoms with Crippen LogP contribution in [0.5, 0.6) is 5.75 Å². The van der Waals surface area contributed by atoms with E-state index in [0.29, 0.717) is 23.0 Å². The van der Waals surface area contributed by atoms with E-state index in [9.17, 15) is 4.79 Å². The van der Waals surface area contributed by atoms with Crippen molar-refractivity contribution in [3.8, 4) is 17.2 Å². The number of ether oxygens (including phenoxy) is 2. The number of rotatable bonds is 6. The molecule has 7 nitrogen and oxygen atoms in total. The first-order valence-corrected chi connectivity index (χ1v) is 9.03. The molecule has 0 aliphatic rings. The number of furan rings is 1. The number of nitrogens with zero attached hydrogens (tertiary/aromatic N) is 2. The molecule has 0 saturated carbocycles. The molecule has 0 amide bonds. The number of methoxy groups -OCH3 is 1. The van der Waals surface area contributed by atoms with Gasteiger partial charge >= 0.3 is 5.97 Å². The van der Waals surface area contributed by atoms with E-state index in [-0.39, 0.29) is 12.5 Å². The van der Waals surface area contributed by atoms with Gasteiger partial charge in [0.05, 0.1) is 12.7 Å². The standard InChI is InChI=1S/C18H18N2O5S/c1-10-7-14(11(2)24-10)17-20-19-16(25-17)9-23-18(21)13-6-5-12(26-4)8-15(13)22-3/h5-8H,9H2,1-4H3. The Balaban J connectivity index is 1.70. The average molecular weight is 374 g/mol. The first-order chi connectivity index (χ1) is 12.5. The summed E-state index contributed by atoms with van der Waals surface area (Å²) in [6.07, 6.45) is 1.95. The summed E-state index contributed by atoms with van der Waals surface area (Å²) in [5, 5.41) is 7.88. The molecular weight excluding hydrogens is 356 g/mol. The van der Waals surface area contributed by atoms with E-state index in [0.717, 1.165) is 16.2 Å². The van der Waals surface area contributed by atoms with Crippen molar-refractivity contribution in [2.24, 2.45) is 0 Å². The predicted octanol–water partition coefficient (Wildman–Crippen LogP) is 4.03. The number of hydrogen-bond donors (Lipinski definition) is 0. The Labute approximate surface area is 154 Å². The van der Waals surface area contributed by atoms with E-state index in [1.54, 1.807) is 23.9 Å². The van der Waals surface area contributed by atoms with Gasteiger partial charge in [-0.1, -0.05) is 0 Å². The number of benzene rings is 1. The average Bonchev–Trinajstić information content (AvgIpc) is 3.24. The number of aryl methyl sites for hydroxylation is 2. The third kappa shape index (κ3) is 3.75. The van der Waals surface area contributed by atoms with Crippen molar-refractivity contribution >= 4 is 17.7 Å². The molecule has 1 aromatic carbocycles. The number of esters is 1. The summed E-state index contributed by atoms with van der Waals surface area (Å²) >= 11 is 1.56. The Morgan fingerprint density at radius 2 is 2.00 bits per heavy atom. The Morgan fingerprint density at radius 3 is 2.65 bits per heavy atom. The van der Waals surface area contributed by atoms with Crippen molar-refractivity contribution in [2.45, 2.75) is 25.3 Å². The van der Waals surface area contributed by atoms with Crippen molar-refractivity contribution in [3.63, 3.8) is 0 Å². The first-order valence-electron chi connectivity index (χ1n) is 7.80. The van der Waals surface area contributed by atoms with Crippen molar-refractivity contribution in [1.29, 1.82) is 0 Å². The fourth-order valence-electron chi connectivity index (χ4n) is 2.44. The zero-order valence-corrected chi connectivity index (χ0v) is 15.7. The first kappa shape index (κ1) is 18.1. The maximum atomic E-state index is 12.3. The minimum atomic E-state index is -0.524. The molecule has 0 N–H and O–H groups in total.